The van der Waals surface area contributed by atoms with E-state index < -0.39 is 12.1 Å². The molecule has 2 aromatic rings. The zero-order chi connectivity index (χ0) is 15.1. The lowest BCUT2D eigenvalue weighted by molar-refractivity contribution is 0.149. The van der Waals surface area contributed by atoms with Crippen molar-refractivity contribution in [3.05, 3.63) is 65.7 Å². The van der Waals surface area contributed by atoms with Crippen LogP contribution in [-0.4, -0.2) is 18.3 Å². The van der Waals surface area contributed by atoms with Gasteiger partial charge in [0.2, 0.25) is 0 Å². The van der Waals surface area contributed by atoms with Gasteiger partial charge in [0.1, 0.15) is 17.9 Å². The molecule has 0 amide bonds. The molecule has 0 bridgehead atoms. The average molecular weight is 282 g/mol. The van der Waals surface area contributed by atoms with Crippen molar-refractivity contribution in [1.82, 2.24) is 5.32 Å². The first kappa shape index (κ1) is 15.0. The standard InChI is InChI=1S/C17H18N2O2/c1-21-15-9-7-14(8-10-15)17(20)16(11-18)19-12-13-5-3-2-4-6-13/h2-10,16-17,19-20H,12H2,1H3/t16-,17-/m1/s1. The van der Waals surface area contributed by atoms with Crippen molar-refractivity contribution in [3.8, 4) is 11.8 Å². The highest BCUT2D eigenvalue weighted by molar-refractivity contribution is 5.30. The van der Waals surface area contributed by atoms with Crippen LogP contribution >= 0.6 is 0 Å². The Bertz CT molecular complexity index is 590. The third-order valence-corrected chi connectivity index (χ3v) is 3.28. The highest BCUT2D eigenvalue weighted by atomic mass is 16.5. The topological polar surface area (TPSA) is 65.3 Å². The molecule has 108 valence electrons. The maximum atomic E-state index is 10.3. The average Bonchev–Trinajstić information content (AvgIpc) is 2.56. The number of aliphatic hydroxyl groups is 1. The summed E-state index contributed by atoms with van der Waals surface area (Å²) in [7, 11) is 1.59. The van der Waals surface area contributed by atoms with E-state index in [2.05, 4.69) is 11.4 Å². The number of nitrogens with one attached hydrogen (secondary N) is 1. The van der Waals surface area contributed by atoms with Crippen LogP contribution in [0, 0.1) is 11.3 Å². The van der Waals surface area contributed by atoms with Gasteiger partial charge >= 0.3 is 0 Å². The van der Waals surface area contributed by atoms with Crippen LogP contribution < -0.4 is 10.1 Å². The maximum Gasteiger partial charge on any atom is 0.126 e. The molecule has 0 radical (unpaired) electrons. The summed E-state index contributed by atoms with van der Waals surface area (Å²) in [6, 6.07) is 18.3. The zero-order valence-corrected chi connectivity index (χ0v) is 11.9. The molecule has 2 aromatic carbocycles. The smallest absolute Gasteiger partial charge is 0.126 e. The first-order valence-corrected chi connectivity index (χ1v) is 6.73. The fraction of sp³-hybridized carbons (Fsp3) is 0.235. The number of methoxy groups -OCH3 is 1. The molecule has 0 saturated carbocycles. The minimum absolute atomic E-state index is 0.534. The number of hydrogen-bond acceptors (Lipinski definition) is 4. The summed E-state index contributed by atoms with van der Waals surface area (Å²) in [6.45, 7) is 0.534. The Hall–Kier alpha value is -2.35. The summed E-state index contributed by atoms with van der Waals surface area (Å²) in [5.74, 6) is 0.719. The number of aliphatic hydroxyl groups excluding tert-OH is 1. The lowest BCUT2D eigenvalue weighted by Gasteiger charge is -2.18. The summed E-state index contributed by atoms with van der Waals surface area (Å²) in [6.07, 6.45) is -0.885. The molecular formula is C17H18N2O2. The number of benzene rings is 2. The summed E-state index contributed by atoms with van der Waals surface area (Å²) in [4.78, 5) is 0. The van der Waals surface area contributed by atoms with Crippen molar-refractivity contribution >= 4 is 0 Å². The van der Waals surface area contributed by atoms with Crippen LogP contribution in [-0.2, 0) is 6.54 Å². The second-order valence-corrected chi connectivity index (χ2v) is 4.69. The van der Waals surface area contributed by atoms with E-state index >= 15 is 0 Å². The van der Waals surface area contributed by atoms with Crippen LogP contribution in [0.25, 0.3) is 0 Å². The van der Waals surface area contributed by atoms with Crippen LogP contribution in [0.4, 0.5) is 0 Å². The monoisotopic (exact) mass is 282 g/mol. The van der Waals surface area contributed by atoms with Crippen molar-refractivity contribution in [3.63, 3.8) is 0 Å². The molecule has 4 nitrogen and oxygen atoms in total. The molecule has 2 atom stereocenters. The van der Waals surface area contributed by atoms with E-state index in [9.17, 15) is 10.4 Å². The third-order valence-electron chi connectivity index (χ3n) is 3.28. The van der Waals surface area contributed by atoms with Gasteiger partial charge in [-0.15, -0.1) is 0 Å². The number of nitriles is 1. The van der Waals surface area contributed by atoms with E-state index in [-0.39, 0.29) is 0 Å². The van der Waals surface area contributed by atoms with Crippen molar-refractivity contribution in [2.24, 2.45) is 0 Å². The van der Waals surface area contributed by atoms with Gasteiger partial charge in [-0.25, -0.2) is 0 Å². The van der Waals surface area contributed by atoms with E-state index in [4.69, 9.17) is 4.74 Å². The summed E-state index contributed by atoms with van der Waals surface area (Å²) < 4.78 is 5.08. The minimum atomic E-state index is -0.885. The van der Waals surface area contributed by atoms with Crippen LogP contribution in [0.1, 0.15) is 17.2 Å². The Morgan fingerprint density at radius 3 is 2.38 bits per heavy atom. The second-order valence-electron chi connectivity index (χ2n) is 4.69. The van der Waals surface area contributed by atoms with Gasteiger partial charge in [0, 0.05) is 6.54 Å². The van der Waals surface area contributed by atoms with Gasteiger partial charge < -0.3 is 9.84 Å². The zero-order valence-electron chi connectivity index (χ0n) is 11.9. The third kappa shape index (κ3) is 4.06. The van der Waals surface area contributed by atoms with Gasteiger partial charge in [0.05, 0.1) is 13.2 Å². The largest absolute Gasteiger partial charge is 0.497 e. The predicted molar refractivity (Wildman–Crippen MR) is 80.6 cm³/mol. The lowest BCUT2D eigenvalue weighted by atomic mass is 10.0. The van der Waals surface area contributed by atoms with Crippen molar-refractivity contribution in [1.29, 1.82) is 5.26 Å². The highest BCUT2D eigenvalue weighted by Gasteiger charge is 2.20. The van der Waals surface area contributed by atoms with E-state index in [0.717, 1.165) is 11.3 Å². The van der Waals surface area contributed by atoms with Gasteiger partial charge in [0.25, 0.3) is 0 Å². The molecule has 0 fully saturated rings. The van der Waals surface area contributed by atoms with E-state index in [1.807, 2.05) is 30.3 Å². The van der Waals surface area contributed by atoms with Gasteiger partial charge in [-0.1, -0.05) is 42.5 Å². The van der Waals surface area contributed by atoms with Gasteiger partial charge in [-0.05, 0) is 23.3 Å². The highest BCUT2D eigenvalue weighted by Crippen LogP contribution is 2.20. The predicted octanol–water partition coefficient (Wildman–Crippen LogP) is 2.41. The Labute approximate surface area is 124 Å². The molecule has 0 aliphatic carbocycles. The molecule has 21 heavy (non-hydrogen) atoms. The molecule has 0 aliphatic rings. The summed E-state index contributed by atoms with van der Waals surface area (Å²) in [5, 5.41) is 22.6. The fourth-order valence-corrected chi connectivity index (χ4v) is 2.05. The van der Waals surface area contributed by atoms with Crippen molar-refractivity contribution in [2.45, 2.75) is 18.7 Å². The first-order chi connectivity index (χ1) is 10.2. The number of rotatable bonds is 6. The van der Waals surface area contributed by atoms with Gasteiger partial charge in [0.15, 0.2) is 0 Å². The quantitative estimate of drug-likeness (QED) is 0.854. The molecule has 0 spiro atoms. The molecule has 0 heterocycles. The minimum Gasteiger partial charge on any atom is -0.497 e. The first-order valence-electron chi connectivity index (χ1n) is 6.73. The molecule has 0 unspecified atom stereocenters. The van der Waals surface area contributed by atoms with E-state index in [0.29, 0.717) is 12.1 Å². The normalized spacial score (nSPS) is 13.2. The van der Waals surface area contributed by atoms with Crippen LogP contribution in [0.15, 0.2) is 54.6 Å². The van der Waals surface area contributed by atoms with Gasteiger partial charge in [-0.2, -0.15) is 5.26 Å². The SMILES string of the molecule is COc1ccc([C@@H](O)[C@@H](C#N)NCc2ccccc2)cc1. The second kappa shape index (κ2) is 7.44. The van der Waals surface area contributed by atoms with Crippen molar-refractivity contribution in [2.75, 3.05) is 7.11 Å². The Morgan fingerprint density at radius 1 is 1.14 bits per heavy atom. The van der Waals surface area contributed by atoms with Crippen LogP contribution in [0.5, 0.6) is 5.75 Å². The molecule has 4 heteroatoms. The maximum absolute atomic E-state index is 10.3. The Morgan fingerprint density at radius 2 is 1.81 bits per heavy atom. The summed E-state index contributed by atoms with van der Waals surface area (Å²) >= 11 is 0. The molecule has 0 aromatic heterocycles. The van der Waals surface area contributed by atoms with Crippen LogP contribution in [0.2, 0.25) is 0 Å². The van der Waals surface area contributed by atoms with Crippen molar-refractivity contribution < 1.29 is 9.84 Å². The molecule has 2 rings (SSSR count). The van der Waals surface area contributed by atoms with Gasteiger partial charge in [-0.3, -0.25) is 5.32 Å². The molecule has 2 N–H and O–H groups in total. The van der Waals surface area contributed by atoms with Crippen LogP contribution in [0.3, 0.4) is 0 Å². The number of ether oxygens (including phenoxy) is 1. The number of hydrogen-bond donors (Lipinski definition) is 2. The van der Waals surface area contributed by atoms with E-state index in [1.165, 1.54) is 0 Å². The number of nitrogens with zero attached hydrogens (tertiary/aromatic N) is 1. The lowest BCUT2D eigenvalue weighted by Crippen LogP contribution is -2.33. The molecular weight excluding hydrogens is 264 g/mol. The Kier molecular flexibility index (Phi) is 5.33. The summed E-state index contributed by atoms with van der Waals surface area (Å²) in [5.41, 5.74) is 1.75. The Balaban J connectivity index is 2.01. The van der Waals surface area contributed by atoms with E-state index in [1.54, 1.807) is 31.4 Å². The molecule has 0 saturated heterocycles. The fourth-order valence-electron chi connectivity index (χ4n) is 2.05. The molecule has 0 aliphatic heterocycles.